The van der Waals surface area contributed by atoms with E-state index in [2.05, 4.69) is 19.1 Å². The highest BCUT2D eigenvalue weighted by Crippen LogP contribution is 2.19. The standard InChI is InChI=1S/C16H26O2/c1-2-3-4-5-6-7-8-12-15(17)14-11-9-10-13-16(14)18/h6-7,11,15,17H,2-5,8-10,12-13H2,1H3/b7-6+/t15-/m0/s1. The van der Waals surface area contributed by atoms with Crippen molar-refractivity contribution in [3.63, 3.8) is 0 Å². The molecule has 0 radical (unpaired) electrons. The molecule has 0 amide bonds. The van der Waals surface area contributed by atoms with Crippen LogP contribution < -0.4 is 0 Å². The van der Waals surface area contributed by atoms with Crippen LogP contribution in [0, 0.1) is 0 Å². The van der Waals surface area contributed by atoms with Gasteiger partial charge in [-0.15, -0.1) is 0 Å². The fourth-order valence-corrected chi connectivity index (χ4v) is 2.26. The van der Waals surface area contributed by atoms with Crippen molar-refractivity contribution in [2.75, 3.05) is 0 Å². The third-order valence-corrected chi connectivity index (χ3v) is 3.40. The van der Waals surface area contributed by atoms with Crippen LogP contribution >= 0.6 is 0 Å². The van der Waals surface area contributed by atoms with Gasteiger partial charge < -0.3 is 5.11 Å². The number of carbonyl (C=O) groups is 1. The van der Waals surface area contributed by atoms with Crippen molar-refractivity contribution < 1.29 is 9.90 Å². The lowest BCUT2D eigenvalue weighted by molar-refractivity contribution is -0.117. The first-order valence-electron chi connectivity index (χ1n) is 7.32. The highest BCUT2D eigenvalue weighted by molar-refractivity contribution is 5.96. The second-order valence-corrected chi connectivity index (χ2v) is 5.04. The number of Topliss-reactive ketones (excluding diaryl/α,β-unsaturated/α-hetero) is 1. The summed E-state index contributed by atoms with van der Waals surface area (Å²) in [5.41, 5.74) is 0.653. The highest BCUT2D eigenvalue weighted by Gasteiger charge is 2.19. The van der Waals surface area contributed by atoms with E-state index in [-0.39, 0.29) is 5.78 Å². The lowest BCUT2D eigenvalue weighted by Gasteiger charge is -2.16. The van der Waals surface area contributed by atoms with Gasteiger partial charge in [0.15, 0.2) is 5.78 Å². The van der Waals surface area contributed by atoms with E-state index >= 15 is 0 Å². The topological polar surface area (TPSA) is 37.3 Å². The molecule has 1 N–H and O–H groups in total. The van der Waals surface area contributed by atoms with Crippen LogP contribution in [0.4, 0.5) is 0 Å². The number of carbonyl (C=O) groups excluding carboxylic acids is 1. The summed E-state index contributed by atoms with van der Waals surface area (Å²) in [5.74, 6) is 0.140. The number of allylic oxidation sites excluding steroid dienone is 3. The van der Waals surface area contributed by atoms with Crippen LogP contribution in [0.5, 0.6) is 0 Å². The molecule has 0 bridgehead atoms. The predicted octanol–water partition coefficient (Wildman–Crippen LogP) is 3.94. The van der Waals surface area contributed by atoms with Crippen molar-refractivity contribution in [3.8, 4) is 0 Å². The van der Waals surface area contributed by atoms with E-state index in [1.165, 1.54) is 19.3 Å². The number of ketones is 1. The number of hydrogen-bond acceptors (Lipinski definition) is 2. The lowest BCUT2D eigenvalue weighted by atomic mass is 9.92. The second-order valence-electron chi connectivity index (χ2n) is 5.04. The molecule has 1 aliphatic rings. The molecule has 2 heteroatoms. The van der Waals surface area contributed by atoms with Crippen LogP contribution in [-0.2, 0) is 4.79 Å². The molecule has 0 aromatic carbocycles. The first kappa shape index (κ1) is 15.2. The van der Waals surface area contributed by atoms with Crippen molar-refractivity contribution in [1.29, 1.82) is 0 Å². The Morgan fingerprint density at radius 3 is 2.83 bits per heavy atom. The SMILES string of the molecule is CCCCC/C=C/CC[C@H](O)C1=CCCCC1=O. The fraction of sp³-hybridized carbons (Fsp3) is 0.688. The van der Waals surface area contributed by atoms with Crippen molar-refractivity contribution in [2.24, 2.45) is 0 Å². The van der Waals surface area contributed by atoms with E-state index in [0.29, 0.717) is 18.4 Å². The van der Waals surface area contributed by atoms with Crippen LogP contribution in [0.2, 0.25) is 0 Å². The Bertz CT molecular complexity index is 302. The largest absolute Gasteiger partial charge is 0.388 e. The van der Waals surface area contributed by atoms with E-state index in [9.17, 15) is 9.90 Å². The predicted molar refractivity (Wildman–Crippen MR) is 75.5 cm³/mol. The van der Waals surface area contributed by atoms with Gasteiger partial charge in [0.25, 0.3) is 0 Å². The number of aliphatic hydroxyl groups is 1. The molecular formula is C16H26O2. The molecule has 102 valence electrons. The van der Waals surface area contributed by atoms with E-state index in [1.807, 2.05) is 6.08 Å². The number of aliphatic hydroxyl groups excluding tert-OH is 1. The molecule has 0 aliphatic heterocycles. The van der Waals surface area contributed by atoms with Gasteiger partial charge in [0, 0.05) is 12.0 Å². The maximum absolute atomic E-state index is 11.6. The van der Waals surface area contributed by atoms with Gasteiger partial charge in [0.1, 0.15) is 0 Å². The summed E-state index contributed by atoms with van der Waals surface area (Å²) in [6.07, 6.45) is 14.6. The minimum absolute atomic E-state index is 0.140. The van der Waals surface area contributed by atoms with Crippen LogP contribution in [0.3, 0.4) is 0 Å². The number of unbranched alkanes of at least 4 members (excludes halogenated alkanes) is 3. The monoisotopic (exact) mass is 250 g/mol. The van der Waals surface area contributed by atoms with Crippen molar-refractivity contribution in [2.45, 2.75) is 70.8 Å². The Balaban J connectivity index is 2.18. The molecule has 0 saturated carbocycles. The van der Waals surface area contributed by atoms with Crippen molar-refractivity contribution in [1.82, 2.24) is 0 Å². The summed E-state index contributed by atoms with van der Waals surface area (Å²) in [5, 5.41) is 9.96. The zero-order valence-corrected chi connectivity index (χ0v) is 11.5. The molecule has 0 saturated heterocycles. The number of hydrogen-bond donors (Lipinski definition) is 1. The van der Waals surface area contributed by atoms with Crippen molar-refractivity contribution >= 4 is 5.78 Å². The summed E-state index contributed by atoms with van der Waals surface area (Å²) in [6.45, 7) is 2.20. The van der Waals surface area contributed by atoms with Gasteiger partial charge >= 0.3 is 0 Å². The summed E-state index contributed by atoms with van der Waals surface area (Å²) >= 11 is 0. The van der Waals surface area contributed by atoms with E-state index in [1.54, 1.807) is 0 Å². The molecule has 18 heavy (non-hydrogen) atoms. The first-order valence-corrected chi connectivity index (χ1v) is 7.32. The average molecular weight is 250 g/mol. The Hall–Kier alpha value is -0.890. The molecule has 2 nitrogen and oxygen atoms in total. The summed E-state index contributed by atoms with van der Waals surface area (Å²) in [4.78, 5) is 11.6. The zero-order valence-electron chi connectivity index (χ0n) is 11.5. The van der Waals surface area contributed by atoms with Crippen LogP contribution in [0.25, 0.3) is 0 Å². The Labute approximate surface area is 111 Å². The van der Waals surface area contributed by atoms with Gasteiger partial charge in [0.05, 0.1) is 6.10 Å². The molecule has 0 fully saturated rings. The smallest absolute Gasteiger partial charge is 0.161 e. The number of rotatable bonds is 8. The molecule has 1 rings (SSSR count). The molecule has 0 heterocycles. The fourth-order valence-electron chi connectivity index (χ4n) is 2.26. The Morgan fingerprint density at radius 1 is 1.33 bits per heavy atom. The lowest BCUT2D eigenvalue weighted by Crippen LogP contribution is -2.20. The average Bonchev–Trinajstić information content (AvgIpc) is 2.38. The summed E-state index contributed by atoms with van der Waals surface area (Å²) in [7, 11) is 0. The molecule has 0 aromatic rings. The van der Waals surface area contributed by atoms with Gasteiger partial charge in [-0.1, -0.05) is 38.0 Å². The Morgan fingerprint density at radius 2 is 2.11 bits per heavy atom. The highest BCUT2D eigenvalue weighted by atomic mass is 16.3. The molecule has 1 aliphatic carbocycles. The quantitative estimate of drug-likeness (QED) is 0.523. The Kier molecular flexibility index (Phi) is 7.66. The van der Waals surface area contributed by atoms with Crippen molar-refractivity contribution in [3.05, 3.63) is 23.8 Å². The van der Waals surface area contributed by atoms with Crippen LogP contribution in [0.1, 0.15) is 64.7 Å². The third-order valence-electron chi connectivity index (χ3n) is 3.40. The van der Waals surface area contributed by atoms with Gasteiger partial charge in [0.2, 0.25) is 0 Å². The van der Waals surface area contributed by atoms with E-state index in [0.717, 1.165) is 25.7 Å². The molecular weight excluding hydrogens is 224 g/mol. The third kappa shape index (κ3) is 5.63. The molecule has 0 unspecified atom stereocenters. The van der Waals surface area contributed by atoms with E-state index < -0.39 is 6.10 Å². The molecule has 0 aromatic heterocycles. The summed E-state index contributed by atoms with van der Waals surface area (Å²) < 4.78 is 0. The van der Waals surface area contributed by atoms with Gasteiger partial charge in [-0.2, -0.15) is 0 Å². The normalized spacial score (nSPS) is 18.1. The summed E-state index contributed by atoms with van der Waals surface area (Å²) in [6, 6.07) is 0. The van der Waals surface area contributed by atoms with Gasteiger partial charge in [-0.05, 0) is 38.5 Å². The van der Waals surface area contributed by atoms with Crippen LogP contribution in [-0.4, -0.2) is 17.0 Å². The maximum atomic E-state index is 11.6. The minimum Gasteiger partial charge on any atom is -0.388 e. The van der Waals surface area contributed by atoms with E-state index in [4.69, 9.17) is 0 Å². The second kappa shape index (κ2) is 9.09. The molecule has 0 spiro atoms. The van der Waals surface area contributed by atoms with Crippen LogP contribution in [0.15, 0.2) is 23.8 Å². The van der Waals surface area contributed by atoms with Gasteiger partial charge in [-0.3, -0.25) is 4.79 Å². The first-order chi connectivity index (χ1) is 8.75. The minimum atomic E-state index is -0.557. The molecule has 1 atom stereocenters. The maximum Gasteiger partial charge on any atom is 0.161 e. The zero-order chi connectivity index (χ0) is 13.2. The van der Waals surface area contributed by atoms with Gasteiger partial charge in [-0.25, -0.2) is 0 Å².